The van der Waals surface area contributed by atoms with Gasteiger partial charge in [0.25, 0.3) is 0 Å². The summed E-state index contributed by atoms with van der Waals surface area (Å²) in [6.45, 7) is 37.6. The molecule has 2 aromatic rings. The average Bonchev–Trinajstić information content (AvgIpc) is 3.01. The first-order valence-corrected chi connectivity index (χ1v) is 21.1. The van der Waals surface area contributed by atoms with E-state index < -0.39 is 0 Å². The number of hydrogen-bond donors (Lipinski definition) is 2. The van der Waals surface area contributed by atoms with E-state index >= 15 is 0 Å². The minimum absolute atomic E-state index is 0.0852. The summed E-state index contributed by atoms with van der Waals surface area (Å²) in [5.41, 5.74) is 6.38. The van der Waals surface area contributed by atoms with Crippen molar-refractivity contribution in [3.63, 3.8) is 0 Å². The first-order chi connectivity index (χ1) is 23.3. The molecule has 0 aromatic heterocycles. The van der Waals surface area contributed by atoms with E-state index in [9.17, 15) is 0 Å². The van der Waals surface area contributed by atoms with E-state index in [2.05, 4.69) is 104 Å². The van der Waals surface area contributed by atoms with Crippen molar-refractivity contribution in [1.29, 1.82) is 0 Å². The average molecular weight is 781 g/mol. The lowest BCUT2D eigenvalue weighted by molar-refractivity contribution is 0.270. The van der Waals surface area contributed by atoms with Gasteiger partial charge >= 0.3 is 0 Å². The standard InChI is InChI=1S/C17H30N2S2.C14H24N2S2.C10H18S/c1-6-11-19(7-2)12-9-8-10-18-14-13(17(3,4)5)15(20)16(14)21;1-3-8-16(9-4-2)10-6-5-7-15-12-11-13(17)14(12)18;1-7(2)9(8(3)11)10(4,5)6/h18H,6-12H2,1-5H3;11,15H,3-10H2,1-2H3;1-6H3. The van der Waals surface area contributed by atoms with Crippen LogP contribution in [0.3, 0.4) is 0 Å². The van der Waals surface area contributed by atoms with E-state index in [-0.39, 0.29) is 10.8 Å². The van der Waals surface area contributed by atoms with Crippen LogP contribution in [-0.2, 0) is 5.41 Å². The Balaban J connectivity index is 0.000000756. The van der Waals surface area contributed by atoms with Gasteiger partial charge in [0.05, 0.1) is 29.4 Å². The highest BCUT2D eigenvalue weighted by Crippen LogP contribution is 2.37. The van der Waals surface area contributed by atoms with Gasteiger partial charge in [-0.3, -0.25) is 0 Å². The first kappa shape index (κ1) is 49.2. The van der Waals surface area contributed by atoms with Gasteiger partial charge in [-0.05, 0) is 127 Å². The van der Waals surface area contributed by atoms with Gasteiger partial charge in [-0.25, -0.2) is 0 Å². The molecule has 0 saturated carbocycles. The third-order valence-corrected chi connectivity index (χ3v) is 10.5. The molecule has 2 aromatic carbocycles. The van der Waals surface area contributed by atoms with E-state index in [1.165, 1.54) is 94.4 Å². The van der Waals surface area contributed by atoms with E-state index in [0.29, 0.717) is 0 Å². The topological polar surface area (TPSA) is 30.5 Å². The molecule has 0 aliphatic carbocycles. The molecule has 0 amide bonds. The summed E-state index contributed by atoms with van der Waals surface area (Å²) < 4.78 is 3.41. The molecular weight excluding hydrogens is 709 g/mol. The molecule has 0 atom stereocenters. The number of nitrogens with one attached hydrogen (secondary N) is 2. The van der Waals surface area contributed by atoms with Gasteiger partial charge in [0.2, 0.25) is 0 Å². The molecular formula is C41H72N4S5. The van der Waals surface area contributed by atoms with Crippen LogP contribution in [0.2, 0.25) is 0 Å². The van der Waals surface area contributed by atoms with Crippen molar-refractivity contribution in [2.75, 3.05) is 63.0 Å². The Morgan fingerprint density at radius 3 is 1.48 bits per heavy atom. The highest BCUT2D eigenvalue weighted by Gasteiger charge is 2.25. The Hall–Kier alpha value is -0.810. The third-order valence-electron chi connectivity index (χ3n) is 8.49. The van der Waals surface area contributed by atoms with Crippen LogP contribution >= 0.6 is 61.1 Å². The van der Waals surface area contributed by atoms with Crippen LogP contribution in [0.5, 0.6) is 0 Å². The molecule has 0 saturated heterocycles. The molecule has 0 unspecified atom stereocenters. The van der Waals surface area contributed by atoms with E-state index in [0.717, 1.165) is 53.9 Å². The molecule has 0 aliphatic heterocycles. The van der Waals surface area contributed by atoms with Crippen molar-refractivity contribution in [3.8, 4) is 0 Å². The third kappa shape index (κ3) is 18.3. The molecule has 2 N–H and O–H groups in total. The highest BCUT2D eigenvalue weighted by molar-refractivity contribution is 7.80. The van der Waals surface area contributed by atoms with E-state index in [4.69, 9.17) is 61.1 Å². The SMILES string of the molecule is CC(=S)C(=C(C)C)C(C)(C)C.CCCN(CC)CCCCNc1c(C(C)(C)C)c(=S)c1=S.CCCN(CCC)CCCCNc1cc(=S)c1=S. The summed E-state index contributed by atoms with van der Waals surface area (Å²) in [5.74, 6) is 0. The smallest absolute Gasteiger partial charge is 0.0796 e. The van der Waals surface area contributed by atoms with Gasteiger partial charge < -0.3 is 20.4 Å². The van der Waals surface area contributed by atoms with Crippen molar-refractivity contribution in [1.82, 2.24) is 9.80 Å². The van der Waals surface area contributed by atoms with Gasteiger partial charge in [0, 0.05) is 23.5 Å². The molecule has 4 nitrogen and oxygen atoms in total. The van der Waals surface area contributed by atoms with Crippen LogP contribution in [0.15, 0.2) is 17.2 Å². The van der Waals surface area contributed by atoms with Crippen molar-refractivity contribution in [2.45, 2.75) is 140 Å². The largest absolute Gasteiger partial charge is 0.384 e. The van der Waals surface area contributed by atoms with E-state index in [1.807, 2.05) is 13.0 Å². The second-order valence-electron chi connectivity index (χ2n) is 15.6. The van der Waals surface area contributed by atoms with Crippen LogP contribution in [0.1, 0.15) is 141 Å². The van der Waals surface area contributed by atoms with Crippen molar-refractivity contribution in [2.24, 2.45) is 5.41 Å². The maximum atomic E-state index is 5.39. The summed E-state index contributed by atoms with van der Waals surface area (Å²) in [4.78, 5) is 6.10. The molecule has 0 radical (unpaired) electrons. The number of anilines is 2. The van der Waals surface area contributed by atoms with Crippen LogP contribution in [0, 0.1) is 23.5 Å². The quantitative estimate of drug-likeness (QED) is 0.0775. The Morgan fingerprint density at radius 1 is 0.640 bits per heavy atom. The lowest BCUT2D eigenvalue weighted by atomic mass is 9.82. The Labute approximate surface area is 334 Å². The fourth-order valence-corrected chi connectivity index (χ4v) is 8.14. The lowest BCUT2D eigenvalue weighted by Crippen LogP contribution is -2.26. The second-order valence-corrected chi connectivity index (χ2v) is 17.9. The molecule has 2 rings (SSSR count). The zero-order valence-corrected chi connectivity index (χ0v) is 38.2. The molecule has 0 spiro atoms. The van der Waals surface area contributed by atoms with Gasteiger partial charge in [-0.15, -0.1) is 0 Å². The lowest BCUT2D eigenvalue weighted by Gasteiger charge is -2.27. The van der Waals surface area contributed by atoms with Crippen molar-refractivity contribution >= 4 is 77.3 Å². The first-order valence-electron chi connectivity index (χ1n) is 19.0. The Morgan fingerprint density at radius 2 is 1.12 bits per heavy atom. The number of thiocarbonyl (C=S) groups is 1. The summed E-state index contributed by atoms with van der Waals surface area (Å²) in [5, 5.41) is 6.86. The molecule has 9 heteroatoms. The predicted molar refractivity (Wildman–Crippen MR) is 241 cm³/mol. The molecule has 0 aliphatic rings. The summed E-state index contributed by atoms with van der Waals surface area (Å²) in [6, 6.07) is 1.96. The van der Waals surface area contributed by atoms with Crippen molar-refractivity contribution in [3.05, 3.63) is 40.8 Å². The van der Waals surface area contributed by atoms with Crippen LogP contribution < -0.4 is 10.6 Å². The molecule has 0 heterocycles. The Bertz CT molecular complexity index is 1430. The van der Waals surface area contributed by atoms with Crippen LogP contribution in [0.25, 0.3) is 0 Å². The maximum absolute atomic E-state index is 5.39. The van der Waals surface area contributed by atoms with Crippen LogP contribution in [-0.4, -0.2) is 67.0 Å². The molecule has 50 heavy (non-hydrogen) atoms. The van der Waals surface area contributed by atoms with Gasteiger partial charge in [0.15, 0.2) is 0 Å². The van der Waals surface area contributed by atoms with Crippen LogP contribution in [0.4, 0.5) is 11.4 Å². The van der Waals surface area contributed by atoms with Gasteiger partial charge in [0.1, 0.15) is 0 Å². The Kier molecular flexibility index (Phi) is 24.8. The summed E-state index contributed by atoms with van der Waals surface area (Å²) >= 11 is 26.1. The minimum Gasteiger partial charge on any atom is -0.384 e. The predicted octanol–water partition coefficient (Wildman–Crippen LogP) is 13.3. The maximum Gasteiger partial charge on any atom is 0.0796 e. The fraction of sp³-hybridized carbons (Fsp3) is 0.732. The van der Waals surface area contributed by atoms with Crippen molar-refractivity contribution < 1.29 is 0 Å². The highest BCUT2D eigenvalue weighted by atomic mass is 32.1. The number of nitrogens with zero attached hydrogens (tertiary/aromatic N) is 2. The molecule has 0 fully saturated rings. The zero-order valence-electron chi connectivity index (χ0n) is 34.1. The van der Waals surface area contributed by atoms with E-state index in [1.54, 1.807) is 0 Å². The minimum atomic E-state index is 0.0852. The number of allylic oxidation sites excluding steroid dienone is 2. The molecule has 286 valence electrons. The molecule has 0 bridgehead atoms. The fourth-order valence-electron chi connectivity index (χ4n) is 6.42. The number of rotatable bonds is 20. The summed E-state index contributed by atoms with van der Waals surface area (Å²) in [6.07, 6.45) is 8.58. The number of unbranched alkanes of at least 4 members (excludes halogenated alkanes) is 2. The number of hydrogen-bond acceptors (Lipinski definition) is 9. The zero-order chi connectivity index (χ0) is 38.7. The van der Waals surface area contributed by atoms with Gasteiger partial charge in [-0.2, -0.15) is 0 Å². The summed E-state index contributed by atoms with van der Waals surface area (Å²) in [7, 11) is 0. The normalized spacial score (nSPS) is 11.7. The monoisotopic (exact) mass is 780 g/mol. The second kappa shape index (κ2) is 25.3. The van der Waals surface area contributed by atoms with Gasteiger partial charge in [-0.1, -0.05) is 136 Å².